The van der Waals surface area contributed by atoms with E-state index in [-0.39, 0.29) is 5.91 Å². The van der Waals surface area contributed by atoms with E-state index in [4.69, 9.17) is 4.74 Å². The van der Waals surface area contributed by atoms with Gasteiger partial charge in [0.15, 0.2) is 0 Å². The van der Waals surface area contributed by atoms with Gasteiger partial charge >= 0.3 is 0 Å². The lowest BCUT2D eigenvalue weighted by Gasteiger charge is -2.13. The van der Waals surface area contributed by atoms with Crippen LogP contribution in [0, 0.1) is 0 Å². The number of pyridine rings is 1. The van der Waals surface area contributed by atoms with Crippen molar-refractivity contribution >= 4 is 17.3 Å². The van der Waals surface area contributed by atoms with Crippen LogP contribution in [0.25, 0.3) is 0 Å². The summed E-state index contributed by atoms with van der Waals surface area (Å²) in [6, 6.07) is 19.4. The number of benzene rings is 2. The smallest absolute Gasteiger partial charge is 0.274 e. The van der Waals surface area contributed by atoms with Crippen molar-refractivity contribution in [1.29, 1.82) is 0 Å². The molecule has 150 valence electrons. The summed E-state index contributed by atoms with van der Waals surface area (Å²) in [5.41, 5.74) is 4.34. The molecule has 0 aliphatic rings. The van der Waals surface area contributed by atoms with E-state index in [1.54, 1.807) is 19.4 Å². The molecule has 2 N–H and O–H groups in total. The van der Waals surface area contributed by atoms with Gasteiger partial charge in [-0.25, -0.2) is 4.98 Å². The number of rotatable bonds is 8. The van der Waals surface area contributed by atoms with Crippen LogP contribution in [0.2, 0.25) is 0 Å². The van der Waals surface area contributed by atoms with Crippen molar-refractivity contribution in [2.75, 3.05) is 24.3 Å². The lowest BCUT2D eigenvalue weighted by atomic mass is 10.0. The summed E-state index contributed by atoms with van der Waals surface area (Å²) < 4.78 is 5.38. The van der Waals surface area contributed by atoms with E-state index in [2.05, 4.69) is 35.5 Å². The second-order valence-electron chi connectivity index (χ2n) is 7.12. The first-order chi connectivity index (χ1) is 14.1. The van der Waals surface area contributed by atoms with Gasteiger partial charge in [0.05, 0.1) is 19.0 Å². The fourth-order valence-corrected chi connectivity index (χ4v) is 3.18. The highest BCUT2D eigenvalue weighted by molar-refractivity contribution is 6.03. The minimum atomic E-state index is -0.210. The lowest BCUT2D eigenvalue weighted by Crippen LogP contribution is -2.15. The van der Waals surface area contributed by atoms with Crippen LogP contribution >= 0.6 is 0 Å². The van der Waals surface area contributed by atoms with Gasteiger partial charge in [0.1, 0.15) is 11.4 Å². The minimum absolute atomic E-state index is 0.210. The Bertz CT molecular complexity index is 952. The van der Waals surface area contributed by atoms with Crippen LogP contribution in [0.15, 0.2) is 66.9 Å². The van der Waals surface area contributed by atoms with Crippen molar-refractivity contribution in [3.8, 4) is 5.75 Å². The molecule has 5 heteroatoms. The highest BCUT2D eigenvalue weighted by Crippen LogP contribution is 2.24. The Morgan fingerprint density at radius 3 is 2.52 bits per heavy atom. The number of nitrogens with one attached hydrogen (secondary N) is 2. The number of methoxy groups -OCH3 is 1. The highest BCUT2D eigenvalue weighted by atomic mass is 16.5. The molecule has 0 aliphatic carbocycles. The van der Waals surface area contributed by atoms with Crippen molar-refractivity contribution in [2.45, 2.75) is 26.2 Å². The highest BCUT2D eigenvalue weighted by Gasteiger charge is 2.12. The molecule has 3 aromatic rings. The molecule has 0 atom stereocenters. The van der Waals surface area contributed by atoms with Gasteiger partial charge in [-0.05, 0) is 47.7 Å². The molecule has 0 radical (unpaired) electrons. The maximum absolute atomic E-state index is 12.6. The molecular weight excluding hydrogens is 362 g/mol. The number of nitrogens with zero attached hydrogens (tertiary/aromatic N) is 1. The molecular formula is C24H27N3O2. The molecule has 0 bridgehead atoms. The van der Waals surface area contributed by atoms with Crippen molar-refractivity contribution in [3.63, 3.8) is 0 Å². The van der Waals surface area contributed by atoms with Crippen LogP contribution < -0.4 is 15.4 Å². The predicted molar refractivity (Wildman–Crippen MR) is 118 cm³/mol. The van der Waals surface area contributed by atoms with Crippen molar-refractivity contribution < 1.29 is 9.53 Å². The second-order valence-corrected chi connectivity index (χ2v) is 7.12. The maximum Gasteiger partial charge on any atom is 0.274 e. The number of hydrogen-bond acceptors (Lipinski definition) is 4. The molecule has 0 fully saturated rings. The molecule has 1 heterocycles. The van der Waals surface area contributed by atoms with Crippen LogP contribution in [0.4, 0.5) is 11.4 Å². The van der Waals surface area contributed by atoms with Gasteiger partial charge in [0.2, 0.25) is 0 Å². The molecule has 0 spiro atoms. The number of para-hydroxylation sites is 2. The summed E-state index contributed by atoms with van der Waals surface area (Å²) in [6.45, 7) is 4.96. The molecule has 29 heavy (non-hydrogen) atoms. The zero-order valence-electron chi connectivity index (χ0n) is 17.1. The van der Waals surface area contributed by atoms with Gasteiger partial charge in [-0.1, -0.05) is 50.2 Å². The Morgan fingerprint density at radius 2 is 1.79 bits per heavy atom. The van der Waals surface area contributed by atoms with Crippen LogP contribution in [0.1, 0.15) is 41.4 Å². The standard InChI is InChI=1S/C24H27N3O2/c1-17(2)20-9-5-6-10-21(20)27-24(28)22-13-12-19(16-26-22)25-15-14-18-8-4-7-11-23(18)29-3/h4-13,16-17,25H,14-15H2,1-3H3,(H,27,28). The third-order valence-corrected chi connectivity index (χ3v) is 4.74. The topological polar surface area (TPSA) is 63.2 Å². The van der Waals surface area contributed by atoms with Gasteiger partial charge < -0.3 is 15.4 Å². The molecule has 0 saturated carbocycles. The summed E-state index contributed by atoms with van der Waals surface area (Å²) in [6.07, 6.45) is 2.52. The van der Waals surface area contributed by atoms with E-state index < -0.39 is 0 Å². The molecule has 5 nitrogen and oxygen atoms in total. The normalized spacial score (nSPS) is 10.6. The molecule has 2 aromatic carbocycles. The van der Waals surface area contributed by atoms with Crippen LogP contribution in [-0.4, -0.2) is 24.5 Å². The van der Waals surface area contributed by atoms with E-state index in [9.17, 15) is 4.79 Å². The minimum Gasteiger partial charge on any atom is -0.496 e. The SMILES string of the molecule is COc1ccccc1CCNc1ccc(C(=O)Nc2ccccc2C(C)C)nc1. The van der Waals surface area contributed by atoms with Crippen LogP contribution in [-0.2, 0) is 6.42 Å². The summed E-state index contributed by atoms with van der Waals surface area (Å²) >= 11 is 0. The number of carbonyl (C=O) groups is 1. The molecule has 0 unspecified atom stereocenters. The Balaban J connectivity index is 1.58. The van der Waals surface area contributed by atoms with Gasteiger partial charge in [0.25, 0.3) is 5.91 Å². The molecule has 0 saturated heterocycles. The Labute approximate surface area is 172 Å². The third kappa shape index (κ3) is 5.35. The number of ether oxygens (including phenoxy) is 1. The predicted octanol–water partition coefficient (Wildman–Crippen LogP) is 5.12. The average Bonchev–Trinajstić information content (AvgIpc) is 2.74. The van der Waals surface area contributed by atoms with E-state index in [0.717, 1.165) is 41.2 Å². The quantitative estimate of drug-likeness (QED) is 0.561. The zero-order chi connectivity index (χ0) is 20.6. The van der Waals surface area contributed by atoms with Crippen LogP contribution in [0.5, 0.6) is 5.75 Å². The van der Waals surface area contributed by atoms with Gasteiger partial charge in [-0.2, -0.15) is 0 Å². The van der Waals surface area contributed by atoms with E-state index >= 15 is 0 Å². The number of anilines is 2. The van der Waals surface area contributed by atoms with E-state index in [1.165, 1.54) is 0 Å². The Morgan fingerprint density at radius 1 is 1.03 bits per heavy atom. The van der Waals surface area contributed by atoms with Gasteiger partial charge in [-0.15, -0.1) is 0 Å². The first-order valence-electron chi connectivity index (χ1n) is 9.80. The average molecular weight is 389 g/mol. The van der Waals surface area contributed by atoms with E-state index in [1.807, 2.05) is 48.5 Å². The van der Waals surface area contributed by atoms with Crippen LogP contribution in [0.3, 0.4) is 0 Å². The Hall–Kier alpha value is -3.34. The second kappa shape index (κ2) is 9.73. The number of amides is 1. The Kier molecular flexibility index (Phi) is 6.85. The first-order valence-corrected chi connectivity index (χ1v) is 9.80. The van der Waals surface area contributed by atoms with Gasteiger partial charge in [-0.3, -0.25) is 4.79 Å². The van der Waals surface area contributed by atoms with Crippen molar-refractivity contribution in [1.82, 2.24) is 4.98 Å². The van der Waals surface area contributed by atoms with E-state index in [0.29, 0.717) is 11.6 Å². The summed E-state index contributed by atoms with van der Waals surface area (Å²) in [5, 5.41) is 6.30. The first kappa shape index (κ1) is 20.4. The monoisotopic (exact) mass is 389 g/mol. The summed E-state index contributed by atoms with van der Waals surface area (Å²) in [7, 11) is 1.68. The lowest BCUT2D eigenvalue weighted by molar-refractivity contribution is 0.102. The summed E-state index contributed by atoms with van der Waals surface area (Å²) in [4.78, 5) is 16.9. The number of carbonyl (C=O) groups excluding carboxylic acids is 1. The molecule has 3 rings (SSSR count). The third-order valence-electron chi connectivity index (χ3n) is 4.74. The maximum atomic E-state index is 12.6. The molecule has 1 aromatic heterocycles. The molecule has 1 amide bonds. The number of hydrogen-bond donors (Lipinski definition) is 2. The van der Waals surface area contributed by atoms with Gasteiger partial charge in [0, 0.05) is 12.2 Å². The fraction of sp³-hybridized carbons (Fsp3) is 0.250. The summed E-state index contributed by atoms with van der Waals surface area (Å²) in [5.74, 6) is 1.01. The largest absolute Gasteiger partial charge is 0.496 e. The zero-order valence-corrected chi connectivity index (χ0v) is 17.1. The number of aromatic nitrogens is 1. The van der Waals surface area contributed by atoms with Crippen molar-refractivity contribution in [3.05, 3.63) is 83.7 Å². The fourth-order valence-electron chi connectivity index (χ4n) is 3.18. The molecule has 0 aliphatic heterocycles. The van der Waals surface area contributed by atoms with Crippen molar-refractivity contribution in [2.24, 2.45) is 0 Å².